The Morgan fingerprint density at radius 3 is 2.54 bits per heavy atom. The molecule has 2 aromatic rings. The number of ether oxygens (including phenoxy) is 2. The van der Waals surface area contributed by atoms with Crippen LogP contribution < -0.4 is 4.74 Å². The molecule has 1 aromatic carbocycles. The van der Waals surface area contributed by atoms with E-state index in [4.69, 9.17) is 21.7 Å². The summed E-state index contributed by atoms with van der Waals surface area (Å²) in [6.07, 6.45) is 2.05. The van der Waals surface area contributed by atoms with E-state index in [2.05, 4.69) is 18.0 Å². The first-order valence-corrected chi connectivity index (χ1v) is 9.01. The zero-order valence-electron chi connectivity index (χ0n) is 15.2. The Hall–Kier alpha value is -2.65. The van der Waals surface area contributed by atoms with E-state index in [1.807, 2.05) is 24.3 Å². The molecular formula is C20H22N2O3S. The minimum atomic E-state index is -0.481. The highest BCUT2D eigenvalue weighted by atomic mass is 32.1. The Balaban J connectivity index is 2.55. The van der Waals surface area contributed by atoms with E-state index in [9.17, 15) is 10.1 Å². The van der Waals surface area contributed by atoms with E-state index in [0.29, 0.717) is 28.1 Å². The molecule has 0 saturated heterocycles. The third kappa shape index (κ3) is 4.30. The summed E-state index contributed by atoms with van der Waals surface area (Å²) >= 11 is 5.28. The van der Waals surface area contributed by atoms with Crippen molar-refractivity contribution in [3.63, 3.8) is 0 Å². The molecular weight excluding hydrogens is 348 g/mol. The zero-order chi connectivity index (χ0) is 19.1. The number of aryl methyl sites for hydroxylation is 1. The monoisotopic (exact) mass is 370 g/mol. The molecule has 0 spiro atoms. The second-order valence-corrected chi connectivity index (χ2v) is 6.17. The highest BCUT2D eigenvalue weighted by Crippen LogP contribution is 2.31. The minimum Gasteiger partial charge on any atom is -0.494 e. The van der Waals surface area contributed by atoms with Crippen molar-refractivity contribution in [2.24, 2.45) is 0 Å². The summed E-state index contributed by atoms with van der Waals surface area (Å²) in [7, 11) is 0. The number of H-pyrrole nitrogens is 1. The number of carbonyl (C=O) groups is 1. The van der Waals surface area contributed by atoms with E-state index in [-0.39, 0.29) is 12.2 Å². The van der Waals surface area contributed by atoms with Gasteiger partial charge in [-0.1, -0.05) is 37.7 Å². The van der Waals surface area contributed by atoms with Gasteiger partial charge in [0.15, 0.2) is 0 Å². The first kappa shape index (κ1) is 19.7. The quantitative estimate of drug-likeness (QED) is 0.424. The SMILES string of the molecule is CCCCOc1ccc(-c2c(C(=O)OCC)c(C)[nH]c(=S)c2C#N)cc1. The van der Waals surface area contributed by atoms with Crippen LogP contribution in [-0.2, 0) is 4.74 Å². The molecule has 2 rings (SSSR count). The maximum absolute atomic E-state index is 12.5. The molecule has 0 radical (unpaired) electrons. The number of benzene rings is 1. The smallest absolute Gasteiger partial charge is 0.340 e. The normalized spacial score (nSPS) is 10.2. The van der Waals surface area contributed by atoms with Crippen molar-refractivity contribution in [3.8, 4) is 22.9 Å². The van der Waals surface area contributed by atoms with Crippen LogP contribution in [0.1, 0.15) is 48.3 Å². The fourth-order valence-electron chi connectivity index (χ4n) is 2.63. The fraction of sp³-hybridized carbons (Fsp3) is 0.350. The average Bonchev–Trinajstić information content (AvgIpc) is 2.62. The number of aromatic nitrogens is 1. The van der Waals surface area contributed by atoms with Crippen LogP contribution in [0, 0.1) is 22.9 Å². The minimum absolute atomic E-state index is 0.249. The molecule has 1 heterocycles. The largest absolute Gasteiger partial charge is 0.494 e. The highest BCUT2D eigenvalue weighted by Gasteiger charge is 2.22. The summed E-state index contributed by atoms with van der Waals surface area (Å²) in [5, 5.41) is 9.57. The van der Waals surface area contributed by atoms with Gasteiger partial charge < -0.3 is 14.5 Å². The van der Waals surface area contributed by atoms with Gasteiger partial charge in [0.25, 0.3) is 0 Å². The molecule has 26 heavy (non-hydrogen) atoms. The summed E-state index contributed by atoms with van der Waals surface area (Å²) in [6, 6.07) is 9.42. The van der Waals surface area contributed by atoms with Gasteiger partial charge in [0.1, 0.15) is 16.5 Å². The molecule has 0 amide bonds. The maximum Gasteiger partial charge on any atom is 0.340 e. The Kier molecular flexibility index (Phi) is 6.93. The number of unbranched alkanes of at least 4 members (excludes halogenated alkanes) is 1. The first-order valence-electron chi connectivity index (χ1n) is 8.60. The lowest BCUT2D eigenvalue weighted by molar-refractivity contribution is 0.0526. The zero-order valence-corrected chi connectivity index (χ0v) is 16.0. The third-order valence-electron chi connectivity index (χ3n) is 3.90. The van der Waals surface area contributed by atoms with E-state index in [0.717, 1.165) is 24.2 Å². The van der Waals surface area contributed by atoms with Gasteiger partial charge in [0, 0.05) is 11.3 Å². The van der Waals surface area contributed by atoms with Gasteiger partial charge in [-0.3, -0.25) is 0 Å². The van der Waals surface area contributed by atoms with Crippen molar-refractivity contribution in [2.45, 2.75) is 33.6 Å². The first-order chi connectivity index (χ1) is 12.5. The van der Waals surface area contributed by atoms with Crippen molar-refractivity contribution >= 4 is 18.2 Å². The van der Waals surface area contributed by atoms with Crippen LogP contribution in [-0.4, -0.2) is 24.2 Å². The number of aromatic amines is 1. The lowest BCUT2D eigenvalue weighted by Crippen LogP contribution is -2.12. The summed E-state index contributed by atoms with van der Waals surface area (Å²) in [4.78, 5) is 15.4. The van der Waals surface area contributed by atoms with Gasteiger partial charge in [-0.2, -0.15) is 5.26 Å². The topological polar surface area (TPSA) is 75.1 Å². The molecule has 0 unspecified atom stereocenters. The van der Waals surface area contributed by atoms with Crippen LogP contribution >= 0.6 is 12.2 Å². The van der Waals surface area contributed by atoms with Crippen LogP contribution in [0.2, 0.25) is 0 Å². The van der Waals surface area contributed by atoms with Gasteiger partial charge in [0.2, 0.25) is 0 Å². The van der Waals surface area contributed by atoms with Gasteiger partial charge in [-0.15, -0.1) is 0 Å². The van der Waals surface area contributed by atoms with E-state index < -0.39 is 5.97 Å². The Labute approximate surface area is 158 Å². The van der Waals surface area contributed by atoms with Crippen molar-refractivity contribution in [1.29, 1.82) is 5.26 Å². The lowest BCUT2D eigenvalue weighted by atomic mass is 9.95. The van der Waals surface area contributed by atoms with Crippen molar-refractivity contribution in [1.82, 2.24) is 4.98 Å². The van der Waals surface area contributed by atoms with Crippen LogP contribution in [0.15, 0.2) is 24.3 Å². The van der Waals surface area contributed by atoms with Gasteiger partial charge in [0.05, 0.1) is 24.3 Å². The number of nitrogens with one attached hydrogen (secondary N) is 1. The van der Waals surface area contributed by atoms with Crippen molar-refractivity contribution in [2.75, 3.05) is 13.2 Å². The standard InChI is InChI=1S/C20H22N2O3S/c1-4-6-11-25-15-9-7-14(8-10-15)18-16(12-21)19(26)22-13(3)17(18)20(23)24-5-2/h7-10H,4-6,11H2,1-3H3,(H,22,26). The van der Waals surface area contributed by atoms with E-state index >= 15 is 0 Å². The highest BCUT2D eigenvalue weighted by molar-refractivity contribution is 7.71. The van der Waals surface area contributed by atoms with E-state index in [1.54, 1.807) is 13.8 Å². The predicted molar refractivity (Wildman–Crippen MR) is 103 cm³/mol. The number of nitrogens with zero attached hydrogens (tertiary/aromatic N) is 1. The fourth-order valence-corrected chi connectivity index (χ4v) is 2.93. The van der Waals surface area contributed by atoms with Crippen LogP contribution in [0.3, 0.4) is 0 Å². The molecule has 1 N–H and O–H groups in total. The van der Waals surface area contributed by atoms with Gasteiger partial charge in [-0.05, 0) is 38.0 Å². The van der Waals surface area contributed by atoms with Gasteiger partial charge >= 0.3 is 5.97 Å². The Morgan fingerprint density at radius 2 is 1.96 bits per heavy atom. The second kappa shape index (κ2) is 9.16. The number of carbonyl (C=O) groups excluding carboxylic acids is 1. The third-order valence-corrected chi connectivity index (χ3v) is 4.21. The number of esters is 1. The molecule has 0 fully saturated rings. The molecule has 0 saturated carbocycles. The molecule has 0 aliphatic carbocycles. The molecule has 0 bridgehead atoms. The molecule has 6 heteroatoms. The number of hydrogen-bond acceptors (Lipinski definition) is 5. The summed E-state index contributed by atoms with van der Waals surface area (Å²) < 4.78 is 11.1. The second-order valence-electron chi connectivity index (χ2n) is 5.76. The van der Waals surface area contributed by atoms with Crippen molar-refractivity contribution < 1.29 is 14.3 Å². The Morgan fingerprint density at radius 1 is 1.27 bits per heavy atom. The maximum atomic E-state index is 12.5. The molecule has 0 atom stereocenters. The van der Waals surface area contributed by atoms with Crippen LogP contribution in [0.5, 0.6) is 5.75 Å². The van der Waals surface area contributed by atoms with Crippen LogP contribution in [0.4, 0.5) is 0 Å². The predicted octanol–water partition coefficient (Wildman–Crippen LogP) is 4.95. The number of hydrogen-bond donors (Lipinski definition) is 1. The molecule has 0 aliphatic heterocycles. The Bertz CT molecular complexity index is 880. The lowest BCUT2D eigenvalue weighted by Gasteiger charge is -2.14. The molecule has 0 aliphatic rings. The molecule has 1 aromatic heterocycles. The number of rotatable bonds is 7. The van der Waals surface area contributed by atoms with Crippen molar-refractivity contribution in [3.05, 3.63) is 45.7 Å². The van der Waals surface area contributed by atoms with Crippen LogP contribution in [0.25, 0.3) is 11.1 Å². The summed E-state index contributed by atoms with van der Waals surface area (Å²) in [6.45, 7) is 6.50. The van der Waals surface area contributed by atoms with Gasteiger partial charge in [-0.25, -0.2) is 4.79 Å². The number of pyridine rings is 1. The number of nitriles is 1. The average molecular weight is 370 g/mol. The summed E-state index contributed by atoms with van der Waals surface area (Å²) in [5.41, 5.74) is 2.37. The molecule has 5 nitrogen and oxygen atoms in total. The van der Waals surface area contributed by atoms with E-state index in [1.165, 1.54) is 0 Å². The molecule has 136 valence electrons. The summed E-state index contributed by atoms with van der Waals surface area (Å²) in [5.74, 6) is 0.266.